The monoisotopic (exact) mass is 402 g/mol. The maximum Gasteiger partial charge on any atom is 0.227 e. The van der Waals surface area contributed by atoms with Crippen LogP contribution in [0.3, 0.4) is 0 Å². The molecule has 0 fully saturated rings. The fourth-order valence-corrected chi connectivity index (χ4v) is 3.79. The van der Waals surface area contributed by atoms with Gasteiger partial charge in [-0.05, 0) is 52.9 Å². The lowest BCUT2D eigenvalue weighted by Gasteiger charge is -2.29. The molecule has 1 amide bonds. The number of benzene rings is 3. The third kappa shape index (κ3) is 4.57. The Labute approximate surface area is 176 Å². The highest BCUT2D eigenvalue weighted by molar-refractivity contribution is 5.79. The molecular weight excluding hydrogens is 376 g/mol. The number of rotatable bonds is 6. The molecule has 5 heteroatoms. The zero-order valence-electron chi connectivity index (χ0n) is 17.1. The Morgan fingerprint density at radius 2 is 1.77 bits per heavy atom. The maximum atomic E-state index is 12.7. The minimum Gasteiger partial charge on any atom is -0.504 e. The Kier molecular flexibility index (Phi) is 5.89. The Hall–Kier alpha value is -3.47. The van der Waals surface area contributed by atoms with Crippen molar-refractivity contribution >= 4 is 11.6 Å². The van der Waals surface area contributed by atoms with Crippen LogP contribution in [0.15, 0.2) is 66.7 Å². The van der Waals surface area contributed by atoms with Gasteiger partial charge in [-0.2, -0.15) is 0 Å². The molecule has 0 radical (unpaired) electrons. The highest BCUT2D eigenvalue weighted by atomic mass is 16.5. The van der Waals surface area contributed by atoms with E-state index in [4.69, 9.17) is 4.74 Å². The molecule has 3 aromatic rings. The first-order chi connectivity index (χ1) is 14.6. The molecule has 0 aromatic heterocycles. The largest absolute Gasteiger partial charge is 0.504 e. The van der Waals surface area contributed by atoms with E-state index in [-0.39, 0.29) is 11.7 Å². The highest BCUT2D eigenvalue weighted by Gasteiger charge is 2.20. The maximum absolute atomic E-state index is 12.7. The first kappa shape index (κ1) is 19.8. The van der Waals surface area contributed by atoms with E-state index >= 15 is 0 Å². The number of hydrogen-bond donors (Lipinski definition) is 2. The van der Waals surface area contributed by atoms with Crippen molar-refractivity contribution < 1.29 is 14.6 Å². The van der Waals surface area contributed by atoms with Gasteiger partial charge in [0.15, 0.2) is 11.5 Å². The first-order valence-corrected chi connectivity index (χ1v) is 10.2. The van der Waals surface area contributed by atoms with Crippen molar-refractivity contribution in [2.75, 3.05) is 19.0 Å². The average molecular weight is 402 g/mol. The molecule has 3 aromatic carbocycles. The van der Waals surface area contributed by atoms with E-state index in [9.17, 15) is 9.90 Å². The third-order valence-electron chi connectivity index (χ3n) is 5.53. The van der Waals surface area contributed by atoms with Gasteiger partial charge in [-0.25, -0.2) is 0 Å². The van der Waals surface area contributed by atoms with Gasteiger partial charge < -0.3 is 20.1 Å². The van der Waals surface area contributed by atoms with Crippen molar-refractivity contribution in [2.45, 2.75) is 25.9 Å². The summed E-state index contributed by atoms with van der Waals surface area (Å²) < 4.78 is 5.07. The SMILES string of the molecule is COc1ccc(CNc2ccc(CC(=O)N3CCc4ccccc4C3)cc2)cc1O. The molecule has 0 bridgehead atoms. The molecule has 1 heterocycles. The van der Waals surface area contributed by atoms with Crippen molar-refractivity contribution in [1.29, 1.82) is 0 Å². The predicted molar refractivity (Wildman–Crippen MR) is 118 cm³/mol. The van der Waals surface area contributed by atoms with Gasteiger partial charge in [0.2, 0.25) is 5.91 Å². The summed E-state index contributed by atoms with van der Waals surface area (Å²) in [6.07, 6.45) is 1.33. The smallest absolute Gasteiger partial charge is 0.227 e. The summed E-state index contributed by atoms with van der Waals surface area (Å²) in [4.78, 5) is 14.7. The Bertz CT molecular complexity index is 1030. The molecule has 0 unspecified atom stereocenters. The van der Waals surface area contributed by atoms with Gasteiger partial charge in [0.25, 0.3) is 0 Å². The summed E-state index contributed by atoms with van der Waals surface area (Å²) >= 11 is 0. The van der Waals surface area contributed by atoms with Crippen LogP contribution in [0.25, 0.3) is 0 Å². The Balaban J connectivity index is 1.31. The van der Waals surface area contributed by atoms with Crippen LogP contribution < -0.4 is 10.1 Å². The number of aromatic hydroxyl groups is 1. The van der Waals surface area contributed by atoms with Gasteiger partial charge in [0.1, 0.15) is 0 Å². The number of fused-ring (bicyclic) bond motifs is 1. The number of amides is 1. The van der Waals surface area contributed by atoms with Crippen molar-refractivity contribution in [2.24, 2.45) is 0 Å². The van der Waals surface area contributed by atoms with Crippen molar-refractivity contribution in [1.82, 2.24) is 4.90 Å². The summed E-state index contributed by atoms with van der Waals surface area (Å²) in [6.45, 7) is 2.07. The lowest BCUT2D eigenvalue weighted by molar-refractivity contribution is -0.131. The molecule has 0 spiro atoms. The lowest BCUT2D eigenvalue weighted by Crippen LogP contribution is -2.36. The van der Waals surface area contributed by atoms with E-state index in [1.54, 1.807) is 12.1 Å². The third-order valence-corrected chi connectivity index (χ3v) is 5.53. The van der Waals surface area contributed by atoms with E-state index in [0.29, 0.717) is 25.3 Å². The van der Waals surface area contributed by atoms with Crippen LogP contribution >= 0.6 is 0 Å². The fraction of sp³-hybridized carbons (Fsp3) is 0.240. The summed E-state index contributed by atoms with van der Waals surface area (Å²) in [5.41, 5.74) is 5.53. The number of carbonyl (C=O) groups is 1. The highest BCUT2D eigenvalue weighted by Crippen LogP contribution is 2.26. The molecule has 5 nitrogen and oxygen atoms in total. The van der Waals surface area contributed by atoms with Crippen LogP contribution in [-0.2, 0) is 30.7 Å². The standard InChI is InChI=1S/C25H26N2O3/c1-30-24-11-8-19(14-23(24)28)16-26-22-9-6-18(7-10-22)15-25(29)27-13-12-20-4-2-3-5-21(20)17-27/h2-11,14,26,28H,12-13,15-17H2,1H3. The quantitative estimate of drug-likeness (QED) is 0.651. The van der Waals surface area contributed by atoms with E-state index in [0.717, 1.165) is 29.8 Å². The lowest BCUT2D eigenvalue weighted by atomic mass is 9.99. The number of nitrogens with one attached hydrogen (secondary N) is 1. The molecule has 1 aliphatic heterocycles. The molecule has 0 saturated carbocycles. The second kappa shape index (κ2) is 8.91. The Morgan fingerprint density at radius 3 is 2.50 bits per heavy atom. The summed E-state index contributed by atoms with van der Waals surface area (Å²) in [6, 6.07) is 21.6. The molecule has 4 rings (SSSR count). The van der Waals surface area contributed by atoms with Crippen LogP contribution in [0.5, 0.6) is 11.5 Å². The molecule has 30 heavy (non-hydrogen) atoms. The number of nitrogens with zero attached hydrogens (tertiary/aromatic N) is 1. The fourth-order valence-electron chi connectivity index (χ4n) is 3.79. The molecule has 1 aliphatic rings. The molecule has 0 aliphatic carbocycles. The topological polar surface area (TPSA) is 61.8 Å². The number of carbonyl (C=O) groups excluding carboxylic acids is 1. The summed E-state index contributed by atoms with van der Waals surface area (Å²) in [7, 11) is 1.53. The first-order valence-electron chi connectivity index (χ1n) is 10.2. The van der Waals surface area contributed by atoms with Gasteiger partial charge in [-0.15, -0.1) is 0 Å². The minimum absolute atomic E-state index is 0.131. The number of hydrogen-bond acceptors (Lipinski definition) is 4. The molecule has 2 N–H and O–H groups in total. The van der Waals surface area contributed by atoms with Gasteiger partial charge >= 0.3 is 0 Å². The zero-order chi connectivity index (χ0) is 20.9. The molecule has 154 valence electrons. The molecule has 0 saturated heterocycles. The number of phenolic OH excluding ortho intramolecular Hbond substituents is 1. The number of ether oxygens (including phenoxy) is 1. The average Bonchev–Trinajstić information content (AvgIpc) is 2.78. The van der Waals surface area contributed by atoms with E-state index < -0.39 is 0 Å². The van der Waals surface area contributed by atoms with Gasteiger partial charge in [0, 0.05) is 25.3 Å². The van der Waals surface area contributed by atoms with Gasteiger partial charge in [-0.3, -0.25) is 4.79 Å². The van der Waals surface area contributed by atoms with Gasteiger partial charge in [0.05, 0.1) is 13.5 Å². The number of phenols is 1. The van der Waals surface area contributed by atoms with Crippen molar-refractivity contribution in [3.05, 3.63) is 89.0 Å². The second-order valence-corrected chi connectivity index (χ2v) is 7.57. The van der Waals surface area contributed by atoms with Crippen LogP contribution in [0.1, 0.15) is 22.3 Å². The van der Waals surface area contributed by atoms with Crippen molar-refractivity contribution in [3.63, 3.8) is 0 Å². The van der Waals surface area contributed by atoms with E-state index in [2.05, 4.69) is 23.5 Å². The predicted octanol–water partition coefficient (Wildman–Crippen LogP) is 4.14. The van der Waals surface area contributed by atoms with E-state index in [1.165, 1.54) is 18.2 Å². The van der Waals surface area contributed by atoms with Crippen molar-refractivity contribution in [3.8, 4) is 11.5 Å². The summed E-state index contributed by atoms with van der Waals surface area (Å²) in [5.74, 6) is 0.759. The van der Waals surface area contributed by atoms with Gasteiger partial charge in [-0.1, -0.05) is 42.5 Å². The minimum atomic E-state index is 0.131. The second-order valence-electron chi connectivity index (χ2n) is 7.57. The van der Waals surface area contributed by atoms with Crippen LogP contribution in [0.4, 0.5) is 5.69 Å². The van der Waals surface area contributed by atoms with E-state index in [1.807, 2.05) is 41.3 Å². The zero-order valence-corrected chi connectivity index (χ0v) is 17.1. The molecule has 0 atom stereocenters. The van der Waals surface area contributed by atoms with Crippen LogP contribution in [-0.4, -0.2) is 29.6 Å². The molecular formula is C25H26N2O3. The summed E-state index contributed by atoms with van der Waals surface area (Å²) in [5, 5.41) is 13.2. The Morgan fingerprint density at radius 1 is 1.03 bits per heavy atom. The number of anilines is 1. The number of methoxy groups -OCH3 is 1. The van der Waals surface area contributed by atoms with Crippen LogP contribution in [0, 0.1) is 0 Å². The normalized spacial score (nSPS) is 12.9. The van der Waals surface area contributed by atoms with Crippen LogP contribution in [0.2, 0.25) is 0 Å².